The van der Waals surface area contributed by atoms with E-state index in [4.69, 9.17) is 0 Å². The molecule has 2 atom stereocenters. The third-order valence-electron chi connectivity index (χ3n) is 5.64. The summed E-state index contributed by atoms with van der Waals surface area (Å²) in [5, 5.41) is 0. The summed E-state index contributed by atoms with van der Waals surface area (Å²) in [4.78, 5) is 0. The highest BCUT2D eigenvalue weighted by atomic mass is 14.5. The minimum atomic E-state index is 1.15. The van der Waals surface area contributed by atoms with E-state index in [0.717, 1.165) is 11.8 Å². The summed E-state index contributed by atoms with van der Waals surface area (Å²) < 4.78 is 0. The maximum absolute atomic E-state index is 1.59. The molecule has 3 aliphatic rings. The van der Waals surface area contributed by atoms with Crippen molar-refractivity contribution < 1.29 is 0 Å². The lowest BCUT2D eigenvalue weighted by Gasteiger charge is -2.46. The first-order chi connectivity index (χ1) is 7.45. The monoisotopic (exact) mass is 206 g/mol. The smallest absolute Gasteiger partial charge is 0.0355 e. The maximum Gasteiger partial charge on any atom is -0.0355 e. The second kappa shape index (κ2) is 4.47. The van der Waals surface area contributed by atoms with Gasteiger partial charge in [0, 0.05) is 0 Å². The summed E-state index contributed by atoms with van der Waals surface area (Å²) in [6, 6.07) is 0. The molecule has 15 heavy (non-hydrogen) atoms. The minimum Gasteiger partial charge on any atom is -0.0533 e. The van der Waals surface area contributed by atoms with Crippen LogP contribution < -0.4 is 0 Å². The first kappa shape index (κ1) is 10.2. The Labute approximate surface area is 94.8 Å². The molecule has 2 unspecified atom stereocenters. The van der Waals surface area contributed by atoms with E-state index in [0.29, 0.717) is 0 Å². The number of hydrogen-bond acceptors (Lipinski definition) is 0. The molecule has 0 aromatic heterocycles. The zero-order valence-corrected chi connectivity index (χ0v) is 10.1. The molecule has 86 valence electrons. The van der Waals surface area contributed by atoms with Gasteiger partial charge in [-0.2, -0.15) is 0 Å². The molecule has 3 rings (SSSR count). The summed E-state index contributed by atoms with van der Waals surface area (Å²) >= 11 is 0. The van der Waals surface area contributed by atoms with Crippen molar-refractivity contribution in [1.82, 2.24) is 0 Å². The van der Waals surface area contributed by atoms with Gasteiger partial charge in [0.1, 0.15) is 0 Å². The predicted octanol–water partition coefficient (Wildman–Crippen LogP) is 4.78. The van der Waals surface area contributed by atoms with Gasteiger partial charge in [0.05, 0.1) is 0 Å². The Hall–Kier alpha value is 0. The molecule has 0 radical (unpaired) electrons. The van der Waals surface area contributed by atoms with Crippen LogP contribution in [0.1, 0.15) is 70.6 Å². The zero-order valence-electron chi connectivity index (χ0n) is 10.1. The number of rotatable bonds is 2. The van der Waals surface area contributed by atoms with Crippen LogP contribution in [0.5, 0.6) is 0 Å². The third-order valence-corrected chi connectivity index (χ3v) is 5.64. The predicted molar refractivity (Wildman–Crippen MR) is 64.7 cm³/mol. The Balaban J connectivity index is 1.56. The van der Waals surface area contributed by atoms with Crippen molar-refractivity contribution in [2.24, 2.45) is 23.7 Å². The van der Waals surface area contributed by atoms with Crippen molar-refractivity contribution in [3.8, 4) is 0 Å². The van der Waals surface area contributed by atoms with Crippen LogP contribution in [-0.4, -0.2) is 0 Å². The van der Waals surface area contributed by atoms with Gasteiger partial charge >= 0.3 is 0 Å². The van der Waals surface area contributed by atoms with E-state index < -0.39 is 0 Å². The van der Waals surface area contributed by atoms with E-state index in [1.807, 2.05) is 0 Å². The quantitative estimate of drug-likeness (QED) is 0.610. The summed E-state index contributed by atoms with van der Waals surface area (Å²) in [7, 11) is 0. The standard InChI is InChI=1S/C15H26/c1-2-6-12(7-3-1)14-10-11-15(14)13-8-4-5-9-13/h12-15H,1-11H2. The van der Waals surface area contributed by atoms with Crippen LogP contribution in [0.3, 0.4) is 0 Å². The van der Waals surface area contributed by atoms with Crippen LogP contribution in [0, 0.1) is 23.7 Å². The fraction of sp³-hybridized carbons (Fsp3) is 1.00. The van der Waals surface area contributed by atoms with Crippen molar-refractivity contribution in [2.75, 3.05) is 0 Å². The van der Waals surface area contributed by atoms with Crippen molar-refractivity contribution in [3.05, 3.63) is 0 Å². The second-order valence-electron chi connectivity index (χ2n) is 6.35. The third kappa shape index (κ3) is 1.97. The van der Waals surface area contributed by atoms with E-state index >= 15 is 0 Å². The molecular weight excluding hydrogens is 180 g/mol. The first-order valence-corrected chi connectivity index (χ1v) is 7.45. The van der Waals surface area contributed by atoms with Crippen LogP contribution in [0.15, 0.2) is 0 Å². The molecular formula is C15H26. The van der Waals surface area contributed by atoms with Gasteiger partial charge in [0.25, 0.3) is 0 Å². The Morgan fingerprint density at radius 1 is 0.400 bits per heavy atom. The number of hydrogen-bond donors (Lipinski definition) is 0. The molecule has 0 aromatic carbocycles. The van der Waals surface area contributed by atoms with Gasteiger partial charge in [-0.15, -0.1) is 0 Å². The fourth-order valence-electron chi connectivity index (χ4n) is 4.67. The molecule has 0 aliphatic heterocycles. The van der Waals surface area contributed by atoms with E-state index in [9.17, 15) is 0 Å². The SMILES string of the molecule is C1CCC(C2CCC2C2CCCC2)CC1. The summed E-state index contributed by atoms with van der Waals surface area (Å²) in [6.07, 6.45) is 17.2. The van der Waals surface area contributed by atoms with Crippen molar-refractivity contribution >= 4 is 0 Å². The lowest BCUT2D eigenvalue weighted by Crippen LogP contribution is -2.37. The van der Waals surface area contributed by atoms with Gasteiger partial charge in [-0.1, -0.05) is 57.8 Å². The Bertz CT molecular complexity index is 196. The van der Waals surface area contributed by atoms with E-state index in [1.165, 1.54) is 18.3 Å². The van der Waals surface area contributed by atoms with Crippen molar-refractivity contribution in [1.29, 1.82) is 0 Å². The zero-order chi connectivity index (χ0) is 10.1. The van der Waals surface area contributed by atoms with E-state index in [-0.39, 0.29) is 0 Å². The molecule has 0 saturated heterocycles. The molecule has 0 heterocycles. The van der Waals surface area contributed by atoms with Crippen molar-refractivity contribution in [2.45, 2.75) is 70.6 Å². The maximum atomic E-state index is 1.59. The average molecular weight is 206 g/mol. The summed E-state index contributed by atoms with van der Waals surface area (Å²) in [5.74, 6) is 4.66. The molecule has 0 N–H and O–H groups in total. The van der Waals surface area contributed by atoms with Crippen LogP contribution in [0.2, 0.25) is 0 Å². The van der Waals surface area contributed by atoms with Gasteiger partial charge in [0.15, 0.2) is 0 Å². The van der Waals surface area contributed by atoms with E-state index in [1.54, 1.807) is 64.2 Å². The molecule has 0 aromatic rings. The topological polar surface area (TPSA) is 0 Å². The average Bonchev–Trinajstić information content (AvgIpc) is 2.71. The fourth-order valence-corrected chi connectivity index (χ4v) is 4.67. The van der Waals surface area contributed by atoms with Gasteiger partial charge < -0.3 is 0 Å². The lowest BCUT2D eigenvalue weighted by atomic mass is 9.59. The summed E-state index contributed by atoms with van der Waals surface area (Å²) in [5.41, 5.74) is 0. The van der Waals surface area contributed by atoms with Crippen LogP contribution in [-0.2, 0) is 0 Å². The van der Waals surface area contributed by atoms with Gasteiger partial charge in [-0.3, -0.25) is 0 Å². The molecule has 3 fully saturated rings. The Morgan fingerprint density at radius 3 is 1.20 bits per heavy atom. The molecule has 0 heteroatoms. The molecule has 0 bridgehead atoms. The molecule has 3 aliphatic carbocycles. The highest BCUT2D eigenvalue weighted by Crippen LogP contribution is 2.51. The van der Waals surface area contributed by atoms with Crippen LogP contribution >= 0.6 is 0 Å². The van der Waals surface area contributed by atoms with Gasteiger partial charge in [-0.05, 0) is 36.5 Å². The highest BCUT2D eigenvalue weighted by molar-refractivity contribution is 4.92. The molecule has 3 saturated carbocycles. The summed E-state index contributed by atoms with van der Waals surface area (Å²) in [6.45, 7) is 0. The normalized spacial score (nSPS) is 39.2. The lowest BCUT2D eigenvalue weighted by molar-refractivity contribution is 0.0369. The first-order valence-electron chi connectivity index (χ1n) is 7.45. The molecule has 0 nitrogen and oxygen atoms in total. The largest absolute Gasteiger partial charge is 0.0533 e. The van der Waals surface area contributed by atoms with Gasteiger partial charge in [-0.25, -0.2) is 0 Å². The second-order valence-corrected chi connectivity index (χ2v) is 6.35. The highest BCUT2D eigenvalue weighted by Gasteiger charge is 2.41. The Morgan fingerprint density at radius 2 is 0.800 bits per heavy atom. The molecule has 0 spiro atoms. The van der Waals surface area contributed by atoms with E-state index in [2.05, 4.69) is 0 Å². The Kier molecular flexibility index (Phi) is 3.03. The van der Waals surface area contributed by atoms with Crippen LogP contribution in [0.4, 0.5) is 0 Å². The van der Waals surface area contributed by atoms with Crippen LogP contribution in [0.25, 0.3) is 0 Å². The minimum absolute atomic E-state index is 1.15. The van der Waals surface area contributed by atoms with Gasteiger partial charge in [0.2, 0.25) is 0 Å². The molecule has 0 amide bonds. The van der Waals surface area contributed by atoms with Crippen molar-refractivity contribution in [3.63, 3.8) is 0 Å².